The molecule has 24 heavy (non-hydrogen) atoms. The maximum Gasteiger partial charge on any atom is 0.254 e. The summed E-state index contributed by atoms with van der Waals surface area (Å²) in [5, 5.41) is 4.69. The van der Waals surface area contributed by atoms with Crippen LogP contribution >= 0.6 is 11.6 Å². The first-order valence-corrected chi connectivity index (χ1v) is 7.90. The van der Waals surface area contributed by atoms with Gasteiger partial charge in [0, 0.05) is 29.9 Å². The first-order valence-electron chi connectivity index (χ1n) is 7.52. The summed E-state index contributed by atoms with van der Waals surface area (Å²) in [5.41, 5.74) is 1.46. The molecule has 0 aliphatic carbocycles. The van der Waals surface area contributed by atoms with Crippen molar-refractivity contribution in [2.45, 2.75) is 13.5 Å². The van der Waals surface area contributed by atoms with Gasteiger partial charge in [-0.3, -0.25) is 4.79 Å². The minimum Gasteiger partial charge on any atom is -0.335 e. The molecular weight excluding hydrogens is 326 g/mol. The molecular formula is C17H16ClN5O. The number of nitrogens with zero attached hydrogens (tertiary/aromatic N) is 5. The average molecular weight is 342 g/mol. The second-order valence-electron chi connectivity index (χ2n) is 5.15. The van der Waals surface area contributed by atoms with E-state index in [1.165, 1.54) is 17.3 Å². The van der Waals surface area contributed by atoms with Crippen molar-refractivity contribution >= 4 is 17.5 Å². The Hall–Kier alpha value is -2.73. The highest BCUT2D eigenvalue weighted by molar-refractivity contribution is 6.31. The first kappa shape index (κ1) is 16.1. The quantitative estimate of drug-likeness (QED) is 0.715. The molecule has 0 radical (unpaired) electrons. The van der Waals surface area contributed by atoms with Gasteiger partial charge in [0.15, 0.2) is 5.82 Å². The predicted octanol–water partition coefficient (Wildman–Crippen LogP) is 2.98. The van der Waals surface area contributed by atoms with Crippen molar-refractivity contribution < 1.29 is 4.79 Å². The number of benzene rings is 1. The number of amides is 1. The van der Waals surface area contributed by atoms with Crippen LogP contribution in [0.25, 0.3) is 5.82 Å². The molecule has 0 saturated carbocycles. The van der Waals surface area contributed by atoms with Gasteiger partial charge in [-0.15, -0.1) is 0 Å². The number of rotatable bonds is 5. The number of carbonyl (C=O) groups excluding carboxylic acids is 1. The van der Waals surface area contributed by atoms with E-state index < -0.39 is 0 Å². The summed E-state index contributed by atoms with van der Waals surface area (Å²) in [6.45, 7) is 2.97. The van der Waals surface area contributed by atoms with E-state index in [1.54, 1.807) is 23.2 Å². The molecule has 0 fully saturated rings. The maximum atomic E-state index is 12.8. The lowest BCUT2D eigenvalue weighted by Gasteiger charge is -2.21. The van der Waals surface area contributed by atoms with E-state index in [0.717, 1.165) is 5.56 Å². The number of halogens is 1. The van der Waals surface area contributed by atoms with E-state index >= 15 is 0 Å². The molecule has 0 aliphatic rings. The van der Waals surface area contributed by atoms with Gasteiger partial charge in [0.25, 0.3) is 5.91 Å². The molecule has 2 heterocycles. The van der Waals surface area contributed by atoms with E-state index in [0.29, 0.717) is 29.5 Å². The fourth-order valence-electron chi connectivity index (χ4n) is 2.35. The number of aromatic nitrogens is 4. The second-order valence-corrected chi connectivity index (χ2v) is 5.56. The Morgan fingerprint density at radius 2 is 2.12 bits per heavy atom. The third-order valence-electron chi connectivity index (χ3n) is 3.63. The van der Waals surface area contributed by atoms with Crippen LogP contribution in [-0.2, 0) is 6.54 Å². The molecule has 122 valence electrons. The van der Waals surface area contributed by atoms with Gasteiger partial charge in [0.2, 0.25) is 0 Å². The Morgan fingerprint density at radius 3 is 2.83 bits per heavy atom. The highest BCUT2D eigenvalue weighted by Gasteiger charge is 2.16. The maximum absolute atomic E-state index is 12.8. The topological polar surface area (TPSA) is 63.9 Å². The van der Waals surface area contributed by atoms with Crippen molar-refractivity contribution in [2.24, 2.45) is 0 Å². The van der Waals surface area contributed by atoms with Crippen LogP contribution in [-0.4, -0.2) is 37.1 Å². The monoisotopic (exact) mass is 341 g/mol. The van der Waals surface area contributed by atoms with E-state index in [2.05, 4.69) is 15.1 Å². The SMILES string of the molecule is CCN(Cc1ccccc1Cl)C(=O)c1ccnc(-n2cncn2)c1. The number of pyridine rings is 1. The third kappa shape index (κ3) is 3.44. The van der Waals surface area contributed by atoms with Crippen LogP contribution in [0.2, 0.25) is 5.02 Å². The summed E-state index contributed by atoms with van der Waals surface area (Å²) >= 11 is 6.20. The van der Waals surface area contributed by atoms with E-state index in [4.69, 9.17) is 11.6 Å². The molecule has 3 rings (SSSR count). The molecule has 1 amide bonds. The van der Waals surface area contributed by atoms with Gasteiger partial charge in [-0.25, -0.2) is 14.6 Å². The molecule has 0 aliphatic heterocycles. The minimum atomic E-state index is -0.0822. The average Bonchev–Trinajstić information content (AvgIpc) is 3.15. The molecule has 0 unspecified atom stereocenters. The standard InChI is InChI=1S/C17H16ClN5O/c1-2-22(10-14-5-3-4-6-15(14)18)17(24)13-7-8-20-16(9-13)23-12-19-11-21-23/h3-9,11-12H,2,10H2,1H3. The summed E-state index contributed by atoms with van der Waals surface area (Å²) in [7, 11) is 0. The molecule has 0 N–H and O–H groups in total. The number of hydrogen-bond acceptors (Lipinski definition) is 4. The Labute approximate surface area is 144 Å². The van der Waals surface area contributed by atoms with Crippen molar-refractivity contribution in [3.05, 3.63) is 71.4 Å². The Kier molecular flexibility index (Phi) is 4.86. The summed E-state index contributed by atoms with van der Waals surface area (Å²) in [6, 6.07) is 10.9. The van der Waals surface area contributed by atoms with Gasteiger partial charge in [0.05, 0.1) is 0 Å². The summed E-state index contributed by atoms with van der Waals surface area (Å²) in [5.74, 6) is 0.466. The minimum absolute atomic E-state index is 0.0822. The van der Waals surface area contributed by atoms with Crippen molar-refractivity contribution in [2.75, 3.05) is 6.54 Å². The molecule has 3 aromatic rings. The van der Waals surface area contributed by atoms with Crippen molar-refractivity contribution in [1.29, 1.82) is 0 Å². The van der Waals surface area contributed by atoms with Gasteiger partial charge < -0.3 is 4.90 Å². The van der Waals surface area contributed by atoms with Crippen molar-refractivity contribution in [3.8, 4) is 5.82 Å². The number of carbonyl (C=O) groups is 1. The van der Waals surface area contributed by atoms with Crippen molar-refractivity contribution in [1.82, 2.24) is 24.6 Å². The van der Waals surface area contributed by atoms with Crippen LogP contribution in [0.15, 0.2) is 55.2 Å². The van der Waals surface area contributed by atoms with Crippen LogP contribution in [0.4, 0.5) is 0 Å². The summed E-state index contributed by atoms with van der Waals surface area (Å²) in [6.07, 6.45) is 4.55. The highest BCUT2D eigenvalue weighted by Crippen LogP contribution is 2.18. The normalized spacial score (nSPS) is 10.6. The van der Waals surface area contributed by atoms with Crippen LogP contribution < -0.4 is 0 Å². The molecule has 2 aromatic heterocycles. The third-order valence-corrected chi connectivity index (χ3v) is 4.00. The lowest BCUT2D eigenvalue weighted by Crippen LogP contribution is -2.30. The second kappa shape index (κ2) is 7.23. The van der Waals surface area contributed by atoms with Crippen molar-refractivity contribution in [3.63, 3.8) is 0 Å². The van der Waals surface area contributed by atoms with Gasteiger partial charge in [-0.1, -0.05) is 29.8 Å². The Bertz CT molecular complexity index is 835. The first-order chi connectivity index (χ1) is 11.7. The summed E-state index contributed by atoms with van der Waals surface area (Å²) in [4.78, 5) is 22.7. The largest absolute Gasteiger partial charge is 0.335 e. The molecule has 0 saturated heterocycles. The zero-order valence-corrected chi connectivity index (χ0v) is 13.9. The van der Waals surface area contributed by atoms with Gasteiger partial charge >= 0.3 is 0 Å². The zero-order valence-electron chi connectivity index (χ0n) is 13.1. The van der Waals surface area contributed by atoms with Crippen LogP contribution in [0, 0.1) is 0 Å². The molecule has 0 spiro atoms. The highest BCUT2D eigenvalue weighted by atomic mass is 35.5. The van der Waals surface area contributed by atoms with Gasteiger partial charge in [-0.2, -0.15) is 5.10 Å². The summed E-state index contributed by atoms with van der Waals surface area (Å²) < 4.78 is 1.52. The zero-order chi connectivity index (χ0) is 16.9. The molecule has 0 atom stereocenters. The molecule has 1 aromatic carbocycles. The Balaban J connectivity index is 1.84. The van der Waals surface area contributed by atoms with Crippen LogP contribution in [0.3, 0.4) is 0 Å². The molecule has 0 bridgehead atoms. The number of hydrogen-bond donors (Lipinski definition) is 0. The van der Waals surface area contributed by atoms with E-state index in [-0.39, 0.29) is 5.91 Å². The smallest absolute Gasteiger partial charge is 0.254 e. The molecule has 6 nitrogen and oxygen atoms in total. The lowest BCUT2D eigenvalue weighted by atomic mass is 10.1. The van der Waals surface area contributed by atoms with Crippen LogP contribution in [0.5, 0.6) is 0 Å². The van der Waals surface area contributed by atoms with E-state index in [9.17, 15) is 4.79 Å². The predicted molar refractivity (Wildman–Crippen MR) is 91.0 cm³/mol. The fourth-order valence-corrected chi connectivity index (χ4v) is 2.54. The lowest BCUT2D eigenvalue weighted by molar-refractivity contribution is 0.0752. The van der Waals surface area contributed by atoms with Gasteiger partial charge in [0.1, 0.15) is 12.7 Å². The van der Waals surface area contributed by atoms with E-state index in [1.807, 2.05) is 31.2 Å². The van der Waals surface area contributed by atoms with Crippen LogP contribution in [0.1, 0.15) is 22.8 Å². The molecule has 7 heteroatoms. The van der Waals surface area contributed by atoms with Gasteiger partial charge in [-0.05, 0) is 30.7 Å². The Morgan fingerprint density at radius 1 is 1.29 bits per heavy atom. The fraction of sp³-hybridized carbons (Fsp3) is 0.176.